The van der Waals surface area contributed by atoms with Gasteiger partial charge in [0.15, 0.2) is 6.73 Å². The number of carbonyl (C=O) groups is 2. The number of carboxylic acid groups (broad SMARTS) is 1. The van der Waals surface area contributed by atoms with Gasteiger partial charge in [-0.1, -0.05) is 39.0 Å². The largest absolute Gasteiger partial charge is 0.480 e. The SMILES string of the molecule is CCc1ccccc1OCNC(=O)NC(CC(C)C)C(=O)O. The molecule has 0 radical (unpaired) electrons. The molecule has 1 aromatic rings. The molecule has 2 amide bonds. The molecule has 3 N–H and O–H groups in total. The number of hydrogen-bond donors (Lipinski definition) is 3. The van der Waals surface area contributed by atoms with Crippen molar-refractivity contribution in [2.24, 2.45) is 5.92 Å². The van der Waals surface area contributed by atoms with Gasteiger partial charge >= 0.3 is 12.0 Å². The molecule has 0 fully saturated rings. The maximum atomic E-state index is 11.7. The first kappa shape index (κ1) is 17.8. The molecule has 1 atom stereocenters. The van der Waals surface area contributed by atoms with Gasteiger partial charge in [0.25, 0.3) is 0 Å². The maximum Gasteiger partial charge on any atom is 0.326 e. The predicted octanol–water partition coefficient (Wildman–Crippen LogP) is 2.38. The molecule has 0 aromatic heterocycles. The molecule has 122 valence electrons. The second-order valence-corrected chi connectivity index (χ2v) is 5.42. The lowest BCUT2D eigenvalue weighted by Crippen LogP contribution is -2.47. The van der Waals surface area contributed by atoms with Crippen molar-refractivity contribution >= 4 is 12.0 Å². The molecular formula is C16H24N2O4. The van der Waals surface area contributed by atoms with E-state index >= 15 is 0 Å². The fraction of sp³-hybridized carbons (Fsp3) is 0.500. The smallest absolute Gasteiger partial charge is 0.326 e. The summed E-state index contributed by atoms with van der Waals surface area (Å²) < 4.78 is 5.50. The Morgan fingerprint density at radius 2 is 1.95 bits per heavy atom. The zero-order chi connectivity index (χ0) is 16.5. The van der Waals surface area contributed by atoms with Crippen molar-refractivity contribution < 1.29 is 19.4 Å². The van der Waals surface area contributed by atoms with Crippen molar-refractivity contribution in [1.82, 2.24) is 10.6 Å². The number of ether oxygens (including phenoxy) is 1. The number of aryl methyl sites for hydroxylation is 1. The number of urea groups is 1. The number of carboxylic acids is 1. The Morgan fingerprint density at radius 1 is 1.27 bits per heavy atom. The van der Waals surface area contributed by atoms with Crippen LogP contribution in [0, 0.1) is 5.92 Å². The molecule has 1 aromatic carbocycles. The Balaban J connectivity index is 2.43. The Morgan fingerprint density at radius 3 is 2.55 bits per heavy atom. The highest BCUT2D eigenvalue weighted by Crippen LogP contribution is 2.17. The van der Waals surface area contributed by atoms with Gasteiger partial charge in [0.1, 0.15) is 11.8 Å². The molecule has 0 aliphatic carbocycles. The van der Waals surface area contributed by atoms with Gasteiger partial charge in [0.05, 0.1) is 0 Å². The minimum Gasteiger partial charge on any atom is -0.480 e. The van der Waals surface area contributed by atoms with Crippen LogP contribution in [-0.2, 0) is 11.2 Å². The molecule has 6 heteroatoms. The molecule has 6 nitrogen and oxygen atoms in total. The third-order valence-electron chi connectivity index (χ3n) is 3.12. The van der Waals surface area contributed by atoms with Gasteiger partial charge in [-0.15, -0.1) is 0 Å². The quantitative estimate of drug-likeness (QED) is 0.643. The lowest BCUT2D eigenvalue weighted by Gasteiger charge is -2.17. The van der Waals surface area contributed by atoms with E-state index in [0.717, 1.165) is 12.0 Å². The summed E-state index contributed by atoms with van der Waals surface area (Å²) in [6.45, 7) is 5.81. The normalized spacial score (nSPS) is 11.8. The highest BCUT2D eigenvalue weighted by atomic mass is 16.5. The minimum absolute atomic E-state index is 0.0170. The van der Waals surface area contributed by atoms with Crippen LogP contribution in [0.15, 0.2) is 24.3 Å². The van der Waals surface area contributed by atoms with Crippen LogP contribution in [0.25, 0.3) is 0 Å². The van der Waals surface area contributed by atoms with Crippen LogP contribution in [0.5, 0.6) is 5.75 Å². The van der Waals surface area contributed by atoms with E-state index < -0.39 is 18.0 Å². The monoisotopic (exact) mass is 308 g/mol. The van der Waals surface area contributed by atoms with Crippen LogP contribution in [0.2, 0.25) is 0 Å². The summed E-state index contributed by atoms with van der Waals surface area (Å²) in [6, 6.07) is 6.12. The van der Waals surface area contributed by atoms with Gasteiger partial charge in [-0.25, -0.2) is 9.59 Å². The van der Waals surface area contributed by atoms with Crippen LogP contribution >= 0.6 is 0 Å². The Kier molecular flexibility index (Phi) is 7.22. The average Bonchev–Trinajstić information content (AvgIpc) is 2.46. The number of aliphatic carboxylic acids is 1. The fourth-order valence-corrected chi connectivity index (χ4v) is 2.02. The van der Waals surface area contributed by atoms with Crippen molar-refractivity contribution in [1.29, 1.82) is 0 Å². The van der Waals surface area contributed by atoms with Crippen LogP contribution < -0.4 is 15.4 Å². The van der Waals surface area contributed by atoms with Gasteiger partial charge in [0.2, 0.25) is 0 Å². The molecule has 0 saturated carbocycles. The number of hydrogen-bond acceptors (Lipinski definition) is 3. The van der Waals surface area contributed by atoms with E-state index in [1.165, 1.54) is 0 Å². The topological polar surface area (TPSA) is 87.7 Å². The van der Waals surface area contributed by atoms with E-state index in [1.807, 2.05) is 45.0 Å². The standard InChI is InChI=1S/C16H24N2O4/c1-4-12-7-5-6-8-14(12)22-10-17-16(21)18-13(15(19)20)9-11(2)3/h5-8,11,13H,4,9-10H2,1-3H3,(H,19,20)(H2,17,18,21). The third kappa shape index (κ3) is 6.03. The Hall–Kier alpha value is -2.24. The maximum absolute atomic E-state index is 11.7. The van der Waals surface area contributed by atoms with Crippen molar-refractivity contribution in [2.75, 3.05) is 6.73 Å². The number of amides is 2. The molecule has 0 bridgehead atoms. The van der Waals surface area contributed by atoms with E-state index in [9.17, 15) is 9.59 Å². The van der Waals surface area contributed by atoms with Crippen LogP contribution in [0.3, 0.4) is 0 Å². The molecule has 0 aliphatic rings. The highest BCUT2D eigenvalue weighted by molar-refractivity contribution is 5.82. The fourth-order valence-electron chi connectivity index (χ4n) is 2.02. The van der Waals surface area contributed by atoms with Gasteiger partial charge < -0.3 is 20.5 Å². The van der Waals surface area contributed by atoms with Crippen molar-refractivity contribution in [3.05, 3.63) is 29.8 Å². The van der Waals surface area contributed by atoms with E-state index in [0.29, 0.717) is 12.2 Å². The van der Waals surface area contributed by atoms with Crippen molar-refractivity contribution in [2.45, 2.75) is 39.7 Å². The molecule has 0 spiro atoms. The predicted molar refractivity (Wildman–Crippen MR) is 83.9 cm³/mol. The van der Waals surface area contributed by atoms with Gasteiger partial charge in [-0.3, -0.25) is 0 Å². The first-order valence-corrected chi connectivity index (χ1v) is 7.41. The van der Waals surface area contributed by atoms with Crippen LogP contribution in [0.1, 0.15) is 32.8 Å². The second kappa shape index (κ2) is 8.92. The number of rotatable bonds is 8. The molecule has 1 rings (SSSR count). The first-order chi connectivity index (χ1) is 10.4. The zero-order valence-corrected chi connectivity index (χ0v) is 13.3. The Labute approximate surface area is 130 Å². The molecule has 1 unspecified atom stereocenters. The summed E-state index contributed by atoms with van der Waals surface area (Å²) in [5.41, 5.74) is 1.05. The summed E-state index contributed by atoms with van der Waals surface area (Å²) in [7, 11) is 0. The lowest BCUT2D eigenvalue weighted by atomic mass is 10.0. The summed E-state index contributed by atoms with van der Waals surface area (Å²) >= 11 is 0. The summed E-state index contributed by atoms with van der Waals surface area (Å²) in [4.78, 5) is 22.8. The van der Waals surface area contributed by atoms with Crippen LogP contribution in [-0.4, -0.2) is 29.9 Å². The first-order valence-electron chi connectivity index (χ1n) is 7.41. The van der Waals surface area contributed by atoms with Gasteiger partial charge in [-0.05, 0) is 30.4 Å². The molecule has 22 heavy (non-hydrogen) atoms. The molecule has 0 saturated heterocycles. The van der Waals surface area contributed by atoms with E-state index in [1.54, 1.807) is 0 Å². The molecule has 0 heterocycles. The summed E-state index contributed by atoms with van der Waals surface area (Å²) in [6.07, 6.45) is 1.21. The summed E-state index contributed by atoms with van der Waals surface area (Å²) in [5.74, 6) is -0.155. The summed E-state index contributed by atoms with van der Waals surface area (Å²) in [5, 5.41) is 14.0. The minimum atomic E-state index is -1.04. The second-order valence-electron chi connectivity index (χ2n) is 5.42. The van der Waals surface area contributed by atoms with E-state index in [2.05, 4.69) is 10.6 Å². The van der Waals surface area contributed by atoms with Crippen molar-refractivity contribution in [3.63, 3.8) is 0 Å². The highest BCUT2D eigenvalue weighted by Gasteiger charge is 2.20. The number of para-hydroxylation sites is 1. The van der Waals surface area contributed by atoms with Gasteiger partial charge in [-0.2, -0.15) is 0 Å². The Bertz CT molecular complexity index is 503. The van der Waals surface area contributed by atoms with Crippen LogP contribution in [0.4, 0.5) is 4.79 Å². The molecular weight excluding hydrogens is 284 g/mol. The van der Waals surface area contributed by atoms with Gasteiger partial charge in [0, 0.05) is 0 Å². The molecule has 0 aliphatic heterocycles. The number of benzene rings is 1. The number of nitrogens with one attached hydrogen (secondary N) is 2. The zero-order valence-electron chi connectivity index (χ0n) is 13.3. The average molecular weight is 308 g/mol. The third-order valence-corrected chi connectivity index (χ3v) is 3.12. The lowest BCUT2D eigenvalue weighted by molar-refractivity contribution is -0.139. The van der Waals surface area contributed by atoms with E-state index in [-0.39, 0.29) is 12.6 Å². The van der Waals surface area contributed by atoms with E-state index in [4.69, 9.17) is 9.84 Å². The number of carbonyl (C=O) groups excluding carboxylic acids is 1. The van der Waals surface area contributed by atoms with Crippen molar-refractivity contribution in [3.8, 4) is 5.75 Å².